The maximum absolute atomic E-state index is 7.05. The highest BCUT2D eigenvalue weighted by Crippen LogP contribution is 2.23. The Hall–Kier alpha value is -0.500. The van der Waals surface area contributed by atoms with Crippen LogP contribution in [0.3, 0.4) is 0 Å². The van der Waals surface area contributed by atoms with E-state index >= 15 is 0 Å². The molecule has 0 fully saturated rings. The maximum Gasteiger partial charge on any atom is 0.125 e. The molecule has 1 aliphatic rings. The van der Waals surface area contributed by atoms with Crippen molar-refractivity contribution in [3.8, 4) is 0 Å². The second kappa shape index (κ2) is 2.40. The first kappa shape index (κ1) is 6.62. The summed E-state index contributed by atoms with van der Waals surface area (Å²) in [5.41, 5.74) is 7.18. The number of rotatable bonds is 1. The molecule has 0 aromatic rings. The van der Waals surface area contributed by atoms with Gasteiger partial charge in [0.2, 0.25) is 0 Å². The molecular formula is C6H9ClN2. The summed E-state index contributed by atoms with van der Waals surface area (Å²) in [5.74, 6) is 0. The molecule has 2 nitrogen and oxygen atoms in total. The van der Waals surface area contributed by atoms with Gasteiger partial charge in [0.1, 0.15) is 5.17 Å². The minimum atomic E-state index is 0.116. The molecule has 0 saturated carbocycles. The van der Waals surface area contributed by atoms with E-state index in [-0.39, 0.29) is 5.17 Å². The van der Waals surface area contributed by atoms with Crippen LogP contribution in [-0.2, 0) is 0 Å². The summed E-state index contributed by atoms with van der Waals surface area (Å²) in [6, 6.07) is 0. The van der Waals surface area contributed by atoms with Gasteiger partial charge in [-0.2, -0.15) is 0 Å². The van der Waals surface area contributed by atoms with Gasteiger partial charge in [0.25, 0.3) is 0 Å². The van der Waals surface area contributed by atoms with E-state index in [9.17, 15) is 0 Å². The fourth-order valence-electron chi connectivity index (χ4n) is 1.02. The average molecular weight is 145 g/mol. The smallest absolute Gasteiger partial charge is 0.125 e. The topological polar surface area (TPSA) is 49.9 Å². The van der Waals surface area contributed by atoms with Crippen LogP contribution in [0.5, 0.6) is 0 Å². The third-order valence-corrected chi connectivity index (χ3v) is 1.75. The molecule has 0 amide bonds. The fourth-order valence-corrected chi connectivity index (χ4v) is 1.23. The number of hydrogen-bond acceptors (Lipinski definition) is 2. The van der Waals surface area contributed by atoms with Gasteiger partial charge in [-0.25, -0.2) is 0 Å². The molecule has 0 heterocycles. The summed E-state index contributed by atoms with van der Waals surface area (Å²) < 4.78 is 0. The van der Waals surface area contributed by atoms with Crippen LogP contribution in [0.4, 0.5) is 0 Å². The number of hydrogen-bond donors (Lipinski definition) is 2. The molecule has 0 aliphatic heterocycles. The van der Waals surface area contributed by atoms with E-state index in [4.69, 9.17) is 22.7 Å². The lowest BCUT2D eigenvalue weighted by atomic mass is 10.2. The van der Waals surface area contributed by atoms with E-state index in [1.165, 1.54) is 0 Å². The predicted octanol–water partition coefficient (Wildman–Crippen LogP) is 1.60. The normalized spacial score (nSPS) is 18.8. The third kappa shape index (κ3) is 1.24. The lowest BCUT2D eigenvalue weighted by molar-refractivity contribution is 0.896. The Morgan fingerprint density at radius 2 is 2.22 bits per heavy atom. The molecule has 3 heteroatoms. The summed E-state index contributed by atoms with van der Waals surface area (Å²) in [5, 5.41) is 7.17. The zero-order chi connectivity index (χ0) is 6.85. The Bertz CT molecular complexity index is 172. The Kier molecular flexibility index (Phi) is 1.76. The van der Waals surface area contributed by atoms with Crippen LogP contribution in [0.2, 0.25) is 0 Å². The van der Waals surface area contributed by atoms with Gasteiger partial charge in [0, 0.05) is 11.3 Å². The quantitative estimate of drug-likeness (QED) is 0.540. The first-order valence-corrected chi connectivity index (χ1v) is 3.31. The van der Waals surface area contributed by atoms with Crippen LogP contribution in [0, 0.1) is 5.41 Å². The Morgan fingerprint density at radius 3 is 2.44 bits per heavy atom. The second-order valence-electron chi connectivity index (χ2n) is 2.17. The SMILES string of the molecule is N=C(Cl)C1=C(N)CCC1. The summed E-state index contributed by atoms with van der Waals surface area (Å²) in [4.78, 5) is 0. The molecule has 50 valence electrons. The molecule has 0 spiro atoms. The van der Waals surface area contributed by atoms with E-state index < -0.39 is 0 Å². The van der Waals surface area contributed by atoms with Gasteiger partial charge in [-0.15, -0.1) is 0 Å². The number of nitrogens with two attached hydrogens (primary N) is 1. The van der Waals surface area contributed by atoms with Crippen molar-refractivity contribution >= 4 is 16.8 Å². The van der Waals surface area contributed by atoms with Crippen molar-refractivity contribution < 1.29 is 0 Å². The van der Waals surface area contributed by atoms with Crippen molar-refractivity contribution in [1.82, 2.24) is 0 Å². The van der Waals surface area contributed by atoms with Crippen molar-refractivity contribution in [2.24, 2.45) is 5.73 Å². The average Bonchev–Trinajstić information content (AvgIpc) is 2.13. The maximum atomic E-state index is 7.05. The van der Waals surface area contributed by atoms with Crippen LogP contribution < -0.4 is 5.73 Å². The van der Waals surface area contributed by atoms with Crippen molar-refractivity contribution in [2.75, 3.05) is 0 Å². The van der Waals surface area contributed by atoms with Crippen LogP contribution in [0.1, 0.15) is 19.3 Å². The van der Waals surface area contributed by atoms with E-state index in [1.807, 2.05) is 0 Å². The van der Waals surface area contributed by atoms with E-state index in [0.717, 1.165) is 30.5 Å². The second-order valence-corrected chi connectivity index (χ2v) is 2.55. The van der Waals surface area contributed by atoms with Gasteiger partial charge >= 0.3 is 0 Å². The third-order valence-electron chi connectivity index (χ3n) is 1.53. The van der Waals surface area contributed by atoms with Crippen molar-refractivity contribution in [3.05, 3.63) is 11.3 Å². The first-order valence-electron chi connectivity index (χ1n) is 2.93. The van der Waals surface area contributed by atoms with E-state index in [1.54, 1.807) is 0 Å². The monoisotopic (exact) mass is 144 g/mol. The molecule has 0 aromatic heterocycles. The van der Waals surface area contributed by atoms with Crippen molar-refractivity contribution in [3.63, 3.8) is 0 Å². The first-order chi connectivity index (χ1) is 4.22. The zero-order valence-corrected chi connectivity index (χ0v) is 5.83. The lowest BCUT2D eigenvalue weighted by Crippen LogP contribution is -1.99. The van der Waals surface area contributed by atoms with Gasteiger partial charge in [-0.3, -0.25) is 5.41 Å². The van der Waals surface area contributed by atoms with Crippen molar-refractivity contribution in [1.29, 1.82) is 5.41 Å². The van der Waals surface area contributed by atoms with Gasteiger partial charge in [-0.1, -0.05) is 11.6 Å². The zero-order valence-electron chi connectivity index (χ0n) is 5.08. The molecule has 1 aliphatic carbocycles. The predicted molar refractivity (Wildman–Crippen MR) is 38.6 cm³/mol. The lowest BCUT2D eigenvalue weighted by Gasteiger charge is -1.95. The number of halogens is 1. The van der Waals surface area contributed by atoms with Gasteiger partial charge in [0.05, 0.1) is 0 Å². The molecule has 0 radical (unpaired) electrons. The Labute approximate surface area is 59.2 Å². The molecule has 0 unspecified atom stereocenters. The highest BCUT2D eigenvalue weighted by atomic mass is 35.5. The molecule has 3 N–H and O–H groups in total. The van der Waals surface area contributed by atoms with Crippen LogP contribution in [0.15, 0.2) is 11.3 Å². The number of nitrogens with one attached hydrogen (secondary N) is 1. The van der Waals surface area contributed by atoms with Gasteiger partial charge in [-0.05, 0) is 19.3 Å². The highest BCUT2D eigenvalue weighted by molar-refractivity contribution is 6.68. The van der Waals surface area contributed by atoms with Crippen molar-refractivity contribution in [2.45, 2.75) is 19.3 Å². The molecule has 0 atom stereocenters. The molecule has 0 aromatic carbocycles. The summed E-state index contributed by atoms with van der Waals surface area (Å²) >= 11 is 5.42. The summed E-state index contributed by atoms with van der Waals surface area (Å²) in [6.07, 6.45) is 2.84. The fraction of sp³-hybridized carbons (Fsp3) is 0.500. The molecule has 9 heavy (non-hydrogen) atoms. The molecular weight excluding hydrogens is 136 g/mol. The standard InChI is InChI=1S/C6H9ClN2/c7-6(9)4-2-1-3-5(4)8/h9H,1-3,8H2. The Balaban J connectivity index is 2.78. The van der Waals surface area contributed by atoms with Crippen LogP contribution in [0.25, 0.3) is 0 Å². The molecule has 0 saturated heterocycles. The van der Waals surface area contributed by atoms with Gasteiger partial charge in [0.15, 0.2) is 0 Å². The van der Waals surface area contributed by atoms with E-state index in [2.05, 4.69) is 0 Å². The highest BCUT2D eigenvalue weighted by Gasteiger charge is 2.13. The Morgan fingerprint density at radius 1 is 1.56 bits per heavy atom. The largest absolute Gasteiger partial charge is 0.402 e. The minimum Gasteiger partial charge on any atom is -0.402 e. The molecule has 0 bridgehead atoms. The van der Waals surface area contributed by atoms with Gasteiger partial charge < -0.3 is 5.73 Å². The van der Waals surface area contributed by atoms with E-state index in [0.29, 0.717) is 0 Å². The number of allylic oxidation sites excluding steroid dienone is 2. The molecule has 1 rings (SSSR count). The summed E-state index contributed by atoms with van der Waals surface area (Å²) in [7, 11) is 0. The van der Waals surface area contributed by atoms with Crippen LogP contribution in [-0.4, -0.2) is 5.17 Å². The summed E-state index contributed by atoms with van der Waals surface area (Å²) in [6.45, 7) is 0. The minimum absolute atomic E-state index is 0.116. The van der Waals surface area contributed by atoms with Crippen LogP contribution >= 0.6 is 11.6 Å².